The van der Waals surface area contributed by atoms with E-state index in [9.17, 15) is 4.79 Å². The van der Waals surface area contributed by atoms with E-state index in [0.29, 0.717) is 5.75 Å². The van der Waals surface area contributed by atoms with Gasteiger partial charge in [-0.25, -0.2) is 0 Å². The highest BCUT2D eigenvalue weighted by Gasteiger charge is 2.18. The molecule has 2 aromatic heterocycles. The van der Waals surface area contributed by atoms with Crippen molar-refractivity contribution in [3.05, 3.63) is 75.1 Å². The van der Waals surface area contributed by atoms with Gasteiger partial charge in [0.1, 0.15) is 5.75 Å². The van der Waals surface area contributed by atoms with Gasteiger partial charge in [-0.2, -0.15) is 11.3 Å². The minimum atomic E-state index is -0.131. The van der Waals surface area contributed by atoms with Crippen LogP contribution < -0.4 is 10.1 Å². The number of carbonyl (C=O) groups excluding carboxylic acids is 1. The predicted octanol–water partition coefficient (Wildman–Crippen LogP) is 4.09. The highest BCUT2D eigenvalue weighted by molar-refractivity contribution is 7.10. The van der Waals surface area contributed by atoms with E-state index in [-0.39, 0.29) is 18.6 Å². The summed E-state index contributed by atoms with van der Waals surface area (Å²) in [5, 5.41) is 9.14. The van der Waals surface area contributed by atoms with Crippen LogP contribution in [0.2, 0.25) is 0 Å². The van der Waals surface area contributed by atoms with E-state index in [1.54, 1.807) is 22.7 Å². The van der Waals surface area contributed by atoms with E-state index in [1.165, 1.54) is 0 Å². The first kappa shape index (κ1) is 14.8. The van der Waals surface area contributed by atoms with Gasteiger partial charge in [0.25, 0.3) is 5.91 Å². The lowest BCUT2D eigenvalue weighted by Crippen LogP contribution is -2.32. The zero-order valence-corrected chi connectivity index (χ0v) is 13.4. The smallest absolute Gasteiger partial charge is 0.258 e. The van der Waals surface area contributed by atoms with Crippen molar-refractivity contribution in [2.24, 2.45) is 0 Å². The fraction of sp³-hybridized carbons (Fsp3) is 0.118. The highest BCUT2D eigenvalue weighted by atomic mass is 32.1. The molecule has 2 heterocycles. The fourth-order valence-electron chi connectivity index (χ4n) is 2.08. The van der Waals surface area contributed by atoms with Gasteiger partial charge in [-0.05, 0) is 46.0 Å². The molecule has 3 aromatic rings. The van der Waals surface area contributed by atoms with Crippen LogP contribution in [0.1, 0.15) is 16.5 Å². The third kappa shape index (κ3) is 3.75. The quantitative estimate of drug-likeness (QED) is 0.739. The largest absolute Gasteiger partial charge is 0.484 e. The normalized spacial score (nSPS) is 11.8. The molecular formula is C17H15NO2S2. The maximum Gasteiger partial charge on any atom is 0.258 e. The van der Waals surface area contributed by atoms with Crippen molar-refractivity contribution in [2.75, 3.05) is 6.61 Å². The number of hydrogen-bond acceptors (Lipinski definition) is 4. The van der Waals surface area contributed by atoms with Crippen LogP contribution in [-0.4, -0.2) is 12.5 Å². The topological polar surface area (TPSA) is 38.3 Å². The highest BCUT2D eigenvalue weighted by Crippen LogP contribution is 2.27. The van der Waals surface area contributed by atoms with Gasteiger partial charge in [0.05, 0.1) is 6.04 Å². The molecule has 3 rings (SSSR count). The summed E-state index contributed by atoms with van der Waals surface area (Å²) in [5.74, 6) is 0.564. The van der Waals surface area contributed by atoms with E-state index in [1.807, 2.05) is 59.3 Å². The summed E-state index contributed by atoms with van der Waals surface area (Å²) in [5.41, 5.74) is 1.10. The Morgan fingerprint density at radius 1 is 1.09 bits per heavy atom. The molecule has 0 spiro atoms. The van der Waals surface area contributed by atoms with Crippen molar-refractivity contribution in [1.82, 2.24) is 5.32 Å². The molecule has 0 aliphatic rings. The Kier molecular flexibility index (Phi) is 4.88. The summed E-state index contributed by atoms with van der Waals surface area (Å²) in [4.78, 5) is 13.3. The number of nitrogens with one attached hydrogen (secondary N) is 1. The van der Waals surface area contributed by atoms with Crippen molar-refractivity contribution in [2.45, 2.75) is 6.04 Å². The van der Waals surface area contributed by atoms with Crippen LogP contribution in [0.4, 0.5) is 0 Å². The van der Waals surface area contributed by atoms with Gasteiger partial charge in [-0.1, -0.05) is 24.3 Å². The summed E-state index contributed by atoms with van der Waals surface area (Å²) >= 11 is 3.26. The van der Waals surface area contributed by atoms with Crippen LogP contribution >= 0.6 is 22.7 Å². The lowest BCUT2D eigenvalue weighted by molar-refractivity contribution is -0.123. The summed E-state index contributed by atoms with van der Waals surface area (Å²) in [6.07, 6.45) is 0. The van der Waals surface area contributed by atoms with E-state index in [2.05, 4.69) is 10.7 Å². The van der Waals surface area contributed by atoms with Crippen molar-refractivity contribution in [3.63, 3.8) is 0 Å². The van der Waals surface area contributed by atoms with Crippen LogP contribution in [0.25, 0.3) is 0 Å². The average Bonchev–Trinajstić information content (AvgIpc) is 3.25. The lowest BCUT2D eigenvalue weighted by Gasteiger charge is -2.17. The zero-order valence-electron chi connectivity index (χ0n) is 11.8. The second-order valence-electron chi connectivity index (χ2n) is 4.67. The third-order valence-electron chi connectivity index (χ3n) is 3.12. The Bertz CT molecular complexity index is 659. The number of ether oxygens (including phenoxy) is 1. The molecule has 0 saturated carbocycles. The molecule has 0 aliphatic carbocycles. The van der Waals surface area contributed by atoms with E-state index >= 15 is 0 Å². The van der Waals surface area contributed by atoms with Crippen molar-refractivity contribution >= 4 is 28.6 Å². The van der Waals surface area contributed by atoms with Gasteiger partial charge in [-0.3, -0.25) is 4.79 Å². The average molecular weight is 329 g/mol. The maximum atomic E-state index is 12.2. The zero-order chi connectivity index (χ0) is 15.2. The van der Waals surface area contributed by atoms with E-state index < -0.39 is 0 Å². The number of hydrogen-bond donors (Lipinski definition) is 1. The van der Waals surface area contributed by atoms with Gasteiger partial charge in [-0.15, -0.1) is 11.3 Å². The van der Waals surface area contributed by atoms with Crippen molar-refractivity contribution < 1.29 is 9.53 Å². The molecule has 0 fully saturated rings. The van der Waals surface area contributed by atoms with Gasteiger partial charge in [0, 0.05) is 4.88 Å². The van der Waals surface area contributed by atoms with Crippen molar-refractivity contribution in [3.8, 4) is 5.75 Å². The molecule has 5 heteroatoms. The molecule has 1 atom stereocenters. The molecule has 0 unspecified atom stereocenters. The molecule has 0 aliphatic heterocycles. The Morgan fingerprint density at radius 2 is 1.95 bits per heavy atom. The van der Waals surface area contributed by atoms with E-state index in [0.717, 1.165) is 10.4 Å². The number of carbonyl (C=O) groups is 1. The molecule has 22 heavy (non-hydrogen) atoms. The summed E-state index contributed by atoms with van der Waals surface area (Å²) < 4.78 is 5.50. The molecule has 1 amide bonds. The summed E-state index contributed by atoms with van der Waals surface area (Å²) in [7, 11) is 0. The Hall–Kier alpha value is -2.11. The molecule has 112 valence electrons. The predicted molar refractivity (Wildman–Crippen MR) is 90.6 cm³/mol. The standard InChI is InChI=1S/C17H15NO2S2/c19-16(11-20-14-5-2-1-3-6-14)18-17(13-8-10-21-12-13)15-7-4-9-22-15/h1-10,12,17H,11H2,(H,18,19)/t17-/m1/s1. The van der Waals surface area contributed by atoms with Crippen LogP contribution in [0.15, 0.2) is 64.7 Å². The fourth-order valence-corrected chi connectivity index (χ4v) is 3.57. The Morgan fingerprint density at radius 3 is 2.64 bits per heavy atom. The Labute approximate surface area is 137 Å². The molecular weight excluding hydrogens is 314 g/mol. The van der Waals surface area contributed by atoms with Crippen LogP contribution in [0, 0.1) is 0 Å². The minimum absolute atomic E-state index is 0.00995. The second kappa shape index (κ2) is 7.24. The molecule has 0 radical (unpaired) electrons. The molecule has 1 aromatic carbocycles. The van der Waals surface area contributed by atoms with Crippen LogP contribution in [0.3, 0.4) is 0 Å². The lowest BCUT2D eigenvalue weighted by atomic mass is 10.1. The molecule has 0 saturated heterocycles. The number of benzene rings is 1. The first-order chi connectivity index (χ1) is 10.8. The van der Waals surface area contributed by atoms with Gasteiger partial charge >= 0.3 is 0 Å². The minimum Gasteiger partial charge on any atom is -0.484 e. The second-order valence-corrected chi connectivity index (χ2v) is 6.43. The number of thiophene rings is 2. The monoisotopic (exact) mass is 329 g/mol. The molecule has 3 nitrogen and oxygen atoms in total. The molecule has 0 bridgehead atoms. The van der Waals surface area contributed by atoms with E-state index in [4.69, 9.17) is 4.74 Å². The number of rotatable bonds is 6. The Balaban J connectivity index is 1.65. The summed E-state index contributed by atoms with van der Waals surface area (Å²) in [6, 6.07) is 15.3. The maximum absolute atomic E-state index is 12.2. The van der Waals surface area contributed by atoms with Gasteiger partial charge < -0.3 is 10.1 Å². The van der Waals surface area contributed by atoms with Crippen molar-refractivity contribution in [1.29, 1.82) is 0 Å². The van der Waals surface area contributed by atoms with Gasteiger partial charge in [0.15, 0.2) is 6.61 Å². The number of amides is 1. The first-order valence-electron chi connectivity index (χ1n) is 6.85. The SMILES string of the molecule is O=C(COc1ccccc1)N[C@H](c1ccsc1)c1cccs1. The summed E-state index contributed by atoms with van der Waals surface area (Å²) in [6.45, 7) is 0.00995. The number of para-hydroxylation sites is 1. The third-order valence-corrected chi connectivity index (χ3v) is 4.76. The van der Waals surface area contributed by atoms with Gasteiger partial charge in [0.2, 0.25) is 0 Å². The van der Waals surface area contributed by atoms with Crippen LogP contribution in [-0.2, 0) is 4.79 Å². The first-order valence-corrected chi connectivity index (χ1v) is 8.68. The molecule has 1 N–H and O–H groups in total. The van der Waals surface area contributed by atoms with Crippen LogP contribution in [0.5, 0.6) is 5.75 Å².